The Morgan fingerprint density at radius 3 is 2.86 bits per heavy atom. The zero-order chi connectivity index (χ0) is 10.6. The van der Waals surface area contributed by atoms with Crippen molar-refractivity contribution < 1.29 is 0 Å². The Morgan fingerprint density at radius 2 is 2.29 bits per heavy atom. The highest BCUT2D eigenvalue weighted by atomic mass is 32.2. The Balaban J connectivity index is 2.75. The molecule has 0 bridgehead atoms. The zero-order valence-electron chi connectivity index (χ0n) is 8.66. The van der Waals surface area contributed by atoms with E-state index in [1.54, 1.807) is 11.8 Å². The summed E-state index contributed by atoms with van der Waals surface area (Å²) in [6.45, 7) is 12.3. The molecule has 0 N–H and O–H groups in total. The molecule has 0 aliphatic heterocycles. The molecule has 0 aromatic carbocycles. The summed E-state index contributed by atoms with van der Waals surface area (Å²) >= 11 is 1.66. The first-order chi connectivity index (χ1) is 6.65. The van der Waals surface area contributed by atoms with E-state index in [2.05, 4.69) is 23.4 Å². The summed E-state index contributed by atoms with van der Waals surface area (Å²) in [7, 11) is 0. The maximum atomic E-state index is 4.09. The molecular formula is C10H15N3S. The molecule has 0 aliphatic carbocycles. The van der Waals surface area contributed by atoms with Crippen LogP contribution in [0.3, 0.4) is 0 Å². The Hall–Kier alpha value is -1.03. The Bertz CT molecular complexity index is 341. The van der Waals surface area contributed by atoms with Crippen LogP contribution in [0.4, 0.5) is 0 Å². The number of rotatable bonds is 5. The monoisotopic (exact) mass is 209 g/mol. The van der Waals surface area contributed by atoms with Gasteiger partial charge >= 0.3 is 0 Å². The highest BCUT2D eigenvalue weighted by Gasteiger charge is 2.07. The van der Waals surface area contributed by atoms with Crippen molar-refractivity contribution in [3.05, 3.63) is 30.6 Å². The van der Waals surface area contributed by atoms with E-state index in [0.717, 1.165) is 28.9 Å². The van der Waals surface area contributed by atoms with Crippen LogP contribution in [0.15, 0.2) is 30.0 Å². The van der Waals surface area contributed by atoms with Crippen molar-refractivity contribution in [1.29, 1.82) is 0 Å². The van der Waals surface area contributed by atoms with Gasteiger partial charge in [-0.3, -0.25) is 0 Å². The maximum absolute atomic E-state index is 4.09. The van der Waals surface area contributed by atoms with Crippen molar-refractivity contribution in [3.63, 3.8) is 0 Å². The lowest BCUT2D eigenvalue weighted by Gasteiger charge is -2.04. The van der Waals surface area contributed by atoms with E-state index in [1.807, 2.05) is 24.5 Å². The van der Waals surface area contributed by atoms with Crippen LogP contribution >= 0.6 is 11.8 Å². The number of hydrogen-bond acceptors (Lipinski definition) is 3. The molecule has 3 nitrogen and oxygen atoms in total. The van der Waals surface area contributed by atoms with Gasteiger partial charge in [0.25, 0.3) is 0 Å². The SMILES string of the molecule is C=CCn1c(C)nnc1SCC(=C)C. The average Bonchev–Trinajstić information content (AvgIpc) is 2.46. The Labute approximate surface area is 88.9 Å². The summed E-state index contributed by atoms with van der Waals surface area (Å²) in [5.74, 6) is 1.81. The predicted octanol–water partition coefficient (Wildman–Crippen LogP) is 2.44. The molecule has 0 saturated carbocycles. The number of thioether (sulfide) groups is 1. The summed E-state index contributed by atoms with van der Waals surface area (Å²) in [4.78, 5) is 0. The van der Waals surface area contributed by atoms with E-state index in [4.69, 9.17) is 0 Å². The van der Waals surface area contributed by atoms with E-state index in [9.17, 15) is 0 Å². The van der Waals surface area contributed by atoms with E-state index >= 15 is 0 Å². The molecule has 76 valence electrons. The van der Waals surface area contributed by atoms with Crippen LogP contribution in [-0.4, -0.2) is 20.5 Å². The first-order valence-corrected chi connectivity index (χ1v) is 5.41. The van der Waals surface area contributed by atoms with Crippen LogP contribution in [0.25, 0.3) is 0 Å². The fourth-order valence-electron chi connectivity index (χ4n) is 0.995. The fourth-order valence-corrected chi connectivity index (χ4v) is 1.83. The molecule has 1 aromatic heterocycles. The lowest BCUT2D eigenvalue weighted by atomic mass is 10.4. The van der Waals surface area contributed by atoms with Gasteiger partial charge in [-0.25, -0.2) is 0 Å². The minimum Gasteiger partial charge on any atom is -0.302 e. The van der Waals surface area contributed by atoms with Crippen molar-refractivity contribution >= 4 is 11.8 Å². The summed E-state index contributed by atoms with van der Waals surface area (Å²) in [5, 5.41) is 9.06. The van der Waals surface area contributed by atoms with Crippen LogP contribution in [0, 0.1) is 6.92 Å². The standard InChI is InChI=1S/C10H15N3S/c1-5-6-13-9(4)11-12-10(13)14-7-8(2)3/h5H,1-2,6-7H2,3-4H3. The predicted molar refractivity (Wildman–Crippen MR) is 60.5 cm³/mol. The first-order valence-electron chi connectivity index (χ1n) is 4.43. The second kappa shape index (κ2) is 5.00. The van der Waals surface area contributed by atoms with Gasteiger partial charge in [0.1, 0.15) is 5.82 Å². The zero-order valence-corrected chi connectivity index (χ0v) is 9.47. The number of hydrogen-bond donors (Lipinski definition) is 0. The number of allylic oxidation sites excluding steroid dienone is 1. The van der Waals surface area contributed by atoms with Gasteiger partial charge in [0.05, 0.1) is 0 Å². The van der Waals surface area contributed by atoms with Crippen LogP contribution in [0.5, 0.6) is 0 Å². The topological polar surface area (TPSA) is 30.7 Å². The third-order valence-corrected chi connectivity index (χ3v) is 2.86. The van der Waals surface area contributed by atoms with Crippen LogP contribution in [-0.2, 0) is 6.54 Å². The quantitative estimate of drug-likeness (QED) is 0.551. The Morgan fingerprint density at radius 1 is 1.57 bits per heavy atom. The van der Waals surface area contributed by atoms with Gasteiger partial charge in [-0.2, -0.15) is 0 Å². The van der Waals surface area contributed by atoms with Gasteiger partial charge < -0.3 is 4.57 Å². The molecule has 0 spiro atoms. The molecule has 0 fully saturated rings. The van der Waals surface area contributed by atoms with Gasteiger partial charge in [0.15, 0.2) is 5.16 Å². The van der Waals surface area contributed by atoms with Crippen LogP contribution in [0.2, 0.25) is 0 Å². The normalized spacial score (nSPS) is 10.1. The highest BCUT2D eigenvalue weighted by molar-refractivity contribution is 7.99. The lowest BCUT2D eigenvalue weighted by Crippen LogP contribution is -2.00. The molecule has 14 heavy (non-hydrogen) atoms. The summed E-state index contributed by atoms with van der Waals surface area (Å²) in [5.41, 5.74) is 1.14. The smallest absolute Gasteiger partial charge is 0.191 e. The minimum absolute atomic E-state index is 0.761. The third-order valence-electron chi connectivity index (χ3n) is 1.66. The van der Waals surface area contributed by atoms with Crippen molar-refractivity contribution in [2.45, 2.75) is 25.5 Å². The summed E-state index contributed by atoms with van der Waals surface area (Å²) < 4.78 is 2.04. The van der Waals surface area contributed by atoms with Gasteiger partial charge in [0, 0.05) is 12.3 Å². The molecule has 0 unspecified atom stereocenters. The molecule has 4 heteroatoms. The average molecular weight is 209 g/mol. The highest BCUT2D eigenvalue weighted by Crippen LogP contribution is 2.18. The number of nitrogens with zero attached hydrogens (tertiary/aromatic N) is 3. The molecule has 1 rings (SSSR count). The molecule has 1 heterocycles. The maximum Gasteiger partial charge on any atom is 0.191 e. The van der Waals surface area contributed by atoms with E-state index in [0.29, 0.717) is 0 Å². The van der Waals surface area contributed by atoms with Crippen LogP contribution in [0.1, 0.15) is 12.7 Å². The summed E-state index contributed by atoms with van der Waals surface area (Å²) in [6.07, 6.45) is 1.85. The molecule has 0 aliphatic rings. The van der Waals surface area contributed by atoms with Crippen molar-refractivity contribution in [2.75, 3.05) is 5.75 Å². The molecule has 0 amide bonds. The van der Waals surface area contributed by atoms with Crippen molar-refractivity contribution in [1.82, 2.24) is 14.8 Å². The molecular weight excluding hydrogens is 194 g/mol. The fraction of sp³-hybridized carbons (Fsp3) is 0.400. The van der Waals surface area contributed by atoms with E-state index < -0.39 is 0 Å². The van der Waals surface area contributed by atoms with Gasteiger partial charge in [-0.15, -0.1) is 16.8 Å². The first kappa shape index (κ1) is 11.0. The second-order valence-electron chi connectivity index (χ2n) is 3.17. The van der Waals surface area contributed by atoms with E-state index in [1.165, 1.54) is 0 Å². The van der Waals surface area contributed by atoms with Crippen molar-refractivity contribution in [3.8, 4) is 0 Å². The third kappa shape index (κ3) is 2.73. The lowest BCUT2D eigenvalue weighted by molar-refractivity contribution is 0.704. The number of aromatic nitrogens is 3. The molecule has 0 radical (unpaired) electrons. The number of aryl methyl sites for hydroxylation is 1. The second-order valence-corrected chi connectivity index (χ2v) is 4.12. The van der Waals surface area contributed by atoms with Gasteiger partial charge in [0.2, 0.25) is 0 Å². The summed E-state index contributed by atoms with van der Waals surface area (Å²) in [6, 6.07) is 0. The molecule has 1 aromatic rings. The van der Waals surface area contributed by atoms with Crippen molar-refractivity contribution in [2.24, 2.45) is 0 Å². The van der Waals surface area contributed by atoms with Crippen LogP contribution < -0.4 is 0 Å². The largest absolute Gasteiger partial charge is 0.302 e. The molecule has 0 saturated heterocycles. The molecule has 0 atom stereocenters. The van der Waals surface area contributed by atoms with Gasteiger partial charge in [-0.05, 0) is 13.8 Å². The van der Waals surface area contributed by atoms with E-state index in [-0.39, 0.29) is 0 Å². The van der Waals surface area contributed by atoms with Gasteiger partial charge in [-0.1, -0.05) is 30.0 Å². The Kier molecular flexibility index (Phi) is 3.95. The minimum atomic E-state index is 0.761.